The molecule has 26 heavy (non-hydrogen) atoms. The SMILES string of the molecule is CC(CC1CCCCCC1)NCc1cccnc1-c1ccoc1C(N)=O. The van der Waals surface area contributed by atoms with Crippen LogP contribution in [0.1, 0.15) is 68.0 Å². The summed E-state index contributed by atoms with van der Waals surface area (Å²) in [7, 11) is 0. The van der Waals surface area contributed by atoms with Crippen LogP contribution in [0.4, 0.5) is 0 Å². The van der Waals surface area contributed by atoms with Gasteiger partial charge in [0.1, 0.15) is 0 Å². The number of furan rings is 1. The van der Waals surface area contributed by atoms with Crippen molar-refractivity contribution in [2.24, 2.45) is 11.7 Å². The summed E-state index contributed by atoms with van der Waals surface area (Å²) >= 11 is 0. The normalized spacial score (nSPS) is 17.0. The van der Waals surface area contributed by atoms with Crippen molar-refractivity contribution in [3.63, 3.8) is 0 Å². The van der Waals surface area contributed by atoms with E-state index in [1.807, 2.05) is 12.1 Å². The van der Waals surface area contributed by atoms with Gasteiger partial charge in [0, 0.05) is 18.8 Å². The molecule has 3 rings (SSSR count). The molecular weight excluding hydrogens is 326 g/mol. The number of primary amides is 1. The zero-order valence-corrected chi connectivity index (χ0v) is 15.5. The van der Waals surface area contributed by atoms with E-state index in [1.165, 1.54) is 51.2 Å². The number of carbonyl (C=O) groups excluding carboxylic acids is 1. The van der Waals surface area contributed by atoms with E-state index < -0.39 is 5.91 Å². The largest absolute Gasteiger partial charge is 0.458 e. The zero-order chi connectivity index (χ0) is 18.4. The number of nitrogens with one attached hydrogen (secondary N) is 1. The average Bonchev–Trinajstić information content (AvgIpc) is 2.99. The molecule has 1 saturated carbocycles. The topological polar surface area (TPSA) is 81.2 Å². The molecule has 1 amide bonds. The molecule has 5 heteroatoms. The third-order valence-electron chi connectivity index (χ3n) is 5.34. The van der Waals surface area contributed by atoms with Crippen molar-refractivity contribution in [2.75, 3.05) is 0 Å². The minimum atomic E-state index is -0.573. The lowest BCUT2D eigenvalue weighted by atomic mass is 9.93. The molecule has 1 atom stereocenters. The molecule has 5 nitrogen and oxygen atoms in total. The molecule has 1 aliphatic carbocycles. The Kier molecular flexibility index (Phi) is 6.45. The Hall–Kier alpha value is -2.14. The first-order chi connectivity index (χ1) is 12.6. The first kappa shape index (κ1) is 18.6. The first-order valence-electron chi connectivity index (χ1n) is 9.70. The molecule has 1 unspecified atom stereocenters. The second-order valence-corrected chi connectivity index (χ2v) is 7.41. The van der Waals surface area contributed by atoms with Crippen LogP contribution in [0.25, 0.3) is 11.3 Å². The standard InChI is InChI=1S/C21H29N3O2/c1-15(13-16-7-4-2-3-5-8-16)24-14-17-9-6-11-23-19(17)18-10-12-26-20(18)21(22)25/h6,9-12,15-16,24H,2-5,7-8,13-14H2,1H3,(H2,22,25). The van der Waals surface area contributed by atoms with Crippen molar-refractivity contribution in [3.05, 3.63) is 42.0 Å². The molecule has 140 valence electrons. The monoisotopic (exact) mass is 355 g/mol. The second kappa shape index (κ2) is 8.99. The highest BCUT2D eigenvalue weighted by atomic mass is 16.3. The van der Waals surface area contributed by atoms with E-state index in [0.29, 0.717) is 18.2 Å². The highest BCUT2D eigenvalue weighted by molar-refractivity contribution is 5.96. The molecule has 0 saturated heterocycles. The Balaban J connectivity index is 1.65. The molecule has 2 aromatic rings. The summed E-state index contributed by atoms with van der Waals surface area (Å²) in [5.74, 6) is 0.427. The van der Waals surface area contributed by atoms with E-state index in [-0.39, 0.29) is 5.76 Å². The van der Waals surface area contributed by atoms with Crippen molar-refractivity contribution in [1.29, 1.82) is 0 Å². The zero-order valence-electron chi connectivity index (χ0n) is 15.5. The lowest BCUT2D eigenvalue weighted by molar-refractivity contribution is 0.0974. The van der Waals surface area contributed by atoms with E-state index in [0.717, 1.165) is 17.2 Å². The molecule has 2 aromatic heterocycles. The number of hydrogen-bond donors (Lipinski definition) is 2. The van der Waals surface area contributed by atoms with Crippen molar-refractivity contribution in [1.82, 2.24) is 10.3 Å². The van der Waals surface area contributed by atoms with Crippen molar-refractivity contribution in [2.45, 2.75) is 64.5 Å². The van der Waals surface area contributed by atoms with Gasteiger partial charge in [0.2, 0.25) is 0 Å². The van der Waals surface area contributed by atoms with Crippen LogP contribution in [0.3, 0.4) is 0 Å². The fourth-order valence-corrected chi connectivity index (χ4v) is 3.98. The average molecular weight is 355 g/mol. The summed E-state index contributed by atoms with van der Waals surface area (Å²) in [6.45, 7) is 2.97. The molecule has 0 spiro atoms. The lowest BCUT2D eigenvalue weighted by Crippen LogP contribution is -2.28. The number of pyridine rings is 1. The summed E-state index contributed by atoms with van der Waals surface area (Å²) in [4.78, 5) is 16.0. The second-order valence-electron chi connectivity index (χ2n) is 7.41. The first-order valence-corrected chi connectivity index (χ1v) is 9.70. The van der Waals surface area contributed by atoms with Gasteiger partial charge >= 0.3 is 0 Å². The van der Waals surface area contributed by atoms with Crippen LogP contribution in [0.2, 0.25) is 0 Å². The molecule has 2 heterocycles. The summed E-state index contributed by atoms with van der Waals surface area (Å²) in [6, 6.07) is 6.15. The number of nitrogens with zero attached hydrogens (tertiary/aromatic N) is 1. The molecule has 0 aliphatic heterocycles. The summed E-state index contributed by atoms with van der Waals surface area (Å²) < 4.78 is 5.24. The molecule has 0 radical (unpaired) electrons. The molecule has 3 N–H and O–H groups in total. The number of rotatable bonds is 7. The van der Waals surface area contributed by atoms with Gasteiger partial charge in [-0.2, -0.15) is 0 Å². The summed E-state index contributed by atoms with van der Waals surface area (Å²) in [6.07, 6.45) is 12.7. The van der Waals surface area contributed by atoms with Gasteiger partial charge in [0.05, 0.1) is 17.5 Å². The number of carbonyl (C=O) groups is 1. The van der Waals surface area contributed by atoms with Gasteiger partial charge in [-0.05, 0) is 37.0 Å². The van der Waals surface area contributed by atoms with Gasteiger partial charge in [-0.15, -0.1) is 0 Å². The van der Waals surface area contributed by atoms with Crippen molar-refractivity contribution in [3.8, 4) is 11.3 Å². The number of amides is 1. The van der Waals surface area contributed by atoms with E-state index >= 15 is 0 Å². The quantitative estimate of drug-likeness (QED) is 0.726. The summed E-state index contributed by atoms with van der Waals surface area (Å²) in [5.41, 5.74) is 7.87. The molecule has 0 bridgehead atoms. The fourth-order valence-electron chi connectivity index (χ4n) is 3.98. The maximum absolute atomic E-state index is 11.6. The minimum absolute atomic E-state index is 0.163. The fraction of sp³-hybridized carbons (Fsp3) is 0.524. The molecule has 1 aliphatic rings. The van der Waals surface area contributed by atoms with Crippen LogP contribution in [-0.2, 0) is 6.54 Å². The van der Waals surface area contributed by atoms with Crippen LogP contribution in [0, 0.1) is 5.92 Å². The van der Waals surface area contributed by atoms with Crippen LogP contribution < -0.4 is 11.1 Å². The van der Waals surface area contributed by atoms with Crippen molar-refractivity contribution < 1.29 is 9.21 Å². The van der Waals surface area contributed by atoms with E-state index in [2.05, 4.69) is 17.2 Å². The maximum atomic E-state index is 11.6. The highest BCUT2D eigenvalue weighted by Gasteiger charge is 2.19. The predicted octanol–water partition coefficient (Wildman–Crippen LogP) is 4.28. The third kappa shape index (κ3) is 4.73. The van der Waals surface area contributed by atoms with E-state index in [1.54, 1.807) is 12.3 Å². The predicted molar refractivity (Wildman–Crippen MR) is 103 cm³/mol. The molecule has 0 aromatic carbocycles. The van der Waals surface area contributed by atoms with Crippen LogP contribution in [0.5, 0.6) is 0 Å². The van der Waals surface area contributed by atoms with Crippen LogP contribution in [-0.4, -0.2) is 16.9 Å². The van der Waals surface area contributed by atoms with Gasteiger partial charge in [-0.3, -0.25) is 9.78 Å². The number of nitrogens with two attached hydrogens (primary N) is 1. The van der Waals surface area contributed by atoms with E-state index in [9.17, 15) is 4.79 Å². The van der Waals surface area contributed by atoms with E-state index in [4.69, 9.17) is 10.2 Å². The summed E-state index contributed by atoms with van der Waals surface area (Å²) in [5, 5.41) is 3.63. The smallest absolute Gasteiger partial charge is 0.285 e. The Morgan fingerprint density at radius 2 is 2.08 bits per heavy atom. The van der Waals surface area contributed by atoms with Gasteiger partial charge < -0.3 is 15.5 Å². The Bertz CT molecular complexity index is 718. The third-order valence-corrected chi connectivity index (χ3v) is 5.34. The van der Waals surface area contributed by atoms with Gasteiger partial charge in [-0.25, -0.2) is 0 Å². The number of aromatic nitrogens is 1. The van der Waals surface area contributed by atoms with Gasteiger partial charge in [0.25, 0.3) is 5.91 Å². The number of hydrogen-bond acceptors (Lipinski definition) is 4. The minimum Gasteiger partial charge on any atom is -0.458 e. The Morgan fingerprint density at radius 1 is 1.31 bits per heavy atom. The van der Waals surface area contributed by atoms with Crippen LogP contribution in [0.15, 0.2) is 35.1 Å². The molecular formula is C21H29N3O2. The van der Waals surface area contributed by atoms with Crippen LogP contribution >= 0.6 is 0 Å². The van der Waals surface area contributed by atoms with Gasteiger partial charge in [-0.1, -0.05) is 44.6 Å². The Morgan fingerprint density at radius 3 is 2.81 bits per heavy atom. The maximum Gasteiger partial charge on any atom is 0.285 e. The van der Waals surface area contributed by atoms with Crippen molar-refractivity contribution >= 4 is 5.91 Å². The Labute approximate surface area is 155 Å². The van der Waals surface area contributed by atoms with Gasteiger partial charge in [0.15, 0.2) is 5.76 Å². The highest BCUT2D eigenvalue weighted by Crippen LogP contribution is 2.28. The molecule has 1 fully saturated rings. The lowest BCUT2D eigenvalue weighted by Gasteiger charge is -2.21.